The monoisotopic (exact) mass is 335 g/mol. The van der Waals surface area contributed by atoms with E-state index in [0.29, 0.717) is 0 Å². The SMILES string of the molecule is CN(C(=O)C#Cc1ccc(C#Cc2ccccc2)cc1)c1ccccc1. The quantitative estimate of drug-likeness (QED) is 0.613. The molecule has 0 aliphatic carbocycles. The molecule has 0 saturated heterocycles. The van der Waals surface area contributed by atoms with E-state index in [9.17, 15) is 4.79 Å². The molecule has 1 amide bonds. The third kappa shape index (κ3) is 4.63. The average molecular weight is 335 g/mol. The Labute approximate surface area is 154 Å². The highest BCUT2D eigenvalue weighted by molar-refractivity contribution is 6.05. The average Bonchev–Trinajstić information content (AvgIpc) is 2.72. The summed E-state index contributed by atoms with van der Waals surface area (Å²) in [6.07, 6.45) is 0. The summed E-state index contributed by atoms with van der Waals surface area (Å²) >= 11 is 0. The van der Waals surface area contributed by atoms with Crippen LogP contribution >= 0.6 is 0 Å². The van der Waals surface area contributed by atoms with E-state index in [4.69, 9.17) is 0 Å². The van der Waals surface area contributed by atoms with E-state index in [1.807, 2.05) is 84.9 Å². The van der Waals surface area contributed by atoms with Crippen molar-refractivity contribution in [2.24, 2.45) is 0 Å². The Bertz CT molecular complexity index is 998. The Morgan fingerprint density at radius 3 is 1.69 bits per heavy atom. The van der Waals surface area contributed by atoms with Gasteiger partial charge in [0.15, 0.2) is 0 Å². The van der Waals surface area contributed by atoms with Gasteiger partial charge in [0.05, 0.1) is 0 Å². The fourth-order valence-corrected chi connectivity index (χ4v) is 2.28. The Morgan fingerprint density at radius 2 is 1.12 bits per heavy atom. The minimum Gasteiger partial charge on any atom is -0.305 e. The molecule has 0 atom stereocenters. The molecule has 0 fully saturated rings. The minimum absolute atomic E-state index is 0.246. The number of hydrogen-bond donors (Lipinski definition) is 0. The maximum Gasteiger partial charge on any atom is 0.302 e. The number of anilines is 1. The summed E-state index contributed by atoms with van der Waals surface area (Å²) in [5.41, 5.74) is 3.49. The molecular formula is C24H17NO. The normalized spacial score (nSPS) is 9.27. The van der Waals surface area contributed by atoms with Crippen LogP contribution in [0.3, 0.4) is 0 Å². The van der Waals surface area contributed by atoms with Crippen molar-refractivity contribution < 1.29 is 4.79 Å². The summed E-state index contributed by atoms with van der Waals surface area (Å²) in [5, 5.41) is 0. The van der Waals surface area contributed by atoms with Crippen molar-refractivity contribution in [3.8, 4) is 23.7 Å². The molecule has 0 N–H and O–H groups in total. The summed E-state index contributed by atoms with van der Waals surface area (Å²) in [7, 11) is 1.72. The maximum absolute atomic E-state index is 12.2. The summed E-state index contributed by atoms with van der Waals surface area (Å²) in [5.74, 6) is 11.6. The molecule has 124 valence electrons. The summed E-state index contributed by atoms with van der Waals surface area (Å²) in [6.45, 7) is 0. The molecule has 0 radical (unpaired) electrons. The van der Waals surface area contributed by atoms with Crippen molar-refractivity contribution in [2.45, 2.75) is 0 Å². The van der Waals surface area contributed by atoms with Crippen LogP contribution in [0.4, 0.5) is 5.69 Å². The lowest BCUT2D eigenvalue weighted by molar-refractivity contribution is -0.113. The molecule has 2 nitrogen and oxygen atoms in total. The lowest BCUT2D eigenvalue weighted by Crippen LogP contribution is -2.24. The van der Waals surface area contributed by atoms with Crippen LogP contribution in [-0.2, 0) is 4.79 Å². The summed E-state index contributed by atoms with van der Waals surface area (Å²) in [4.78, 5) is 13.7. The zero-order chi connectivity index (χ0) is 18.2. The number of rotatable bonds is 1. The van der Waals surface area contributed by atoms with Crippen molar-refractivity contribution in [1.29, 1.82) is 0 Å². The second-order valence-electron chi connectivity index (χ2n) is 5.64. The molecule has 0 aliphatic heterocycles. The molecule has 26 heavy (non-hydrogen) atoms. The van der Waals surface area contributed by atoms with Gasteiger partial charge < -0.3 is 4.90 Å². The van der Waals surface area contributed by atoms with Gasteiger partial charge in [-0.1, -0.05) is 54.2 Å². The van der Waals surface area contributed by atoms with Crippen LogP contribution in [-0.4, -0.2) is 13.0 Å². The molecule has 0 heterocycles. The first-order valence-electron chi connectivity index (χ1n) is 8.24. The number of amides is 1. The van der Waals surface area contributed by atoms with Crippen molar-refractivity contribution in [1.82, 2.24) is 0 Å². The van der Waals surface area contributed by atoms with Crippen LogP contribution in [0.5, 0.6) is 0 Å². The second-order valence-corrected chi connectivity index (χ2v) is 5.64. The zero-order valence-corrected chi connectivity index (χ0v) is 14.4. The number of para-hydroxylation sites is 1. The number of carbonyl (C=O) groups excluding carboxylic acids is 1. The molecule has 0 saturated carbocycles. The van der Waals surface area contributed by atoms with Crippen LogP contribution in [0.1, 0.15) is 16.7 Å². The fraction of sp³-hybridized carbons (Fsp3) is 0.0417. The van der Waals surface area contributed by atoms with Crippen LogP contribution in [0.25, 0.3) is 0 Å². The van der Waals surface area contributed by atoms with Crippen LogP contribution in [0, 0.1) is 23.7 Å². The van der Waals surface area contributed by atoms with Crippen molar-refractivity contribution >= 4 is 11.6 Å². The van der Waals surface area contributed by atoms with Gasteiger partial charge in [0, 0.05) is 35.3 Å². The van der Waals surface area contributed by atoms with Crippen LogP contribution in [0.2, 0.25) is 0 Å². The van der Waals surface area contributed by atoms with Gasteiger partial charge in [-0.2, -0.15) is 0 Å². The zero-order valence-electron chi connectivity index (χ0n) is 14.4. The molecule has 3 aromatic carbocycles. The third-order valence-corrected chi connectivity index (χ3v) is 3.77. The second kappa shape index (κ2) is 8.38. The van der Waals surface area contributed by atoms with Gasteiger partial charge in [-0.15, -0.1) is 0 Å². The van der Waals surface area contributed by atoms with E-state index in [0.717, 1.165) is 22.4 Å². The highest BCUT2D eigenvalue weighted by atomic mass is 16.2. The number of hydrogen-bond acceptors (Lipinski definition) is 1. The molecule has 0 aromatic heterocycles. The molecule has 3 aromatic rings. The minimum atomic E-state index is -0.246. The lowest BCUT2D eigenvalue weighted by Gasteiger charge is -2.13. The van der Waals surface area contributed by atoms with E-state index in [1.165, 1.54) is 4.90 Å². The van der Waals surface area contributed by atoms with Crippen molar-refractivity contribution in [2.75, 3.05) is 11.9 Å². The van der Waals surface area contributed by atoms with Gasteiger partial charge >= 0.3 is 5.91 Å². The van der Waals surface area contributed by atoms with Gasteiger partial charge in [-0.25, -0.2) is 0 Å². The predicted octanol–water partition coefficient (Wildman–Crippen LogP) is 4.10. The first kappa shape index (κ1) is 17.1. The maximum atomic E-state index is 12.2. The van der Waals surface area contributed by atoms with E-state index in [1.54, 1.807) is 7.05 Å². The van der Waals surface area contributed by atoms with E-state index in [-0.39, 0.29) is 5.91 Å². The molecular weight excluding hydrogens is 318 g/mol. The summed E-state index contributed by atoms with van der Waals surface area (Å²) in [6, 6.07) is 26.8. The van der Waals surface area contributed by atoms with Crippen molar-refractivity contribution in [3.63, 3.8) is 0 Å². The number of nitrogens with zero attached hydrogens (tertiary/aromatic N) is 1. The number of benzene rings is 3. The first-order chi connectivity index (χ1) is 12.7. The number of carbonyl (C=O) groups is 1. The highest BCUT2D eigenvalue weighted by Gasteiger charge is 2.06. The smallest absolute Gasteiger partial charge is 0.302 e. The first-order valence-corrected chi connectivity index (χ1v) is 8.24. The van der Waals surface area contributed by atoms with Gasteiger partial charge in [0.25, 0.3) is 0 Å². The standard InChI is InChI=1S/C24H17NO/c1-25(23-10-6-3-7-11-23)24(26)19-18-22-16-14-21(15-17-22)13-12-20-8-4-2-5-9-20/h2-11,14-17H,1H3. The Hall–Kier alpha value is -3.75. The van der Waals surface area contributed by atoms with Gasteiger partial charge in [-0.3, -0.25) is 4.79 Å². The largest absolute Gasteiger partial charge is 0.305 e. The van der Waals surface area contributed by atoms with Crippen LogP contribution in [0.15, 0.2) is 84.9 Å². The van der Waals surface area contributed by atoms with E-state index in [2.05, 4.69) is 23.7 Å². The fourth-order valence-electron chi connectivity index (χ4n) is 2.28. The topological polar surface area (TPSA) is 20.3 Å². The van der Waals surface area contributed by atoms with Crippen LogP contribution < -0.4 is 4.90 Å². The van der Waals surface area contributed by atoms with E-state index < -0.39 is 0 Å². The summed E-state index contributed by atoms with van der Waals surface area (Å²) < 4.78 is 0. The molecule has 0 bridgehead atoms. The van der Waals surface area contributed by atoms with Gasteiger partial charge in [-0.05, 0) is 48.5 Å². The molecule has 0 aliphatic rings. The molecule has 0 unspecified atom stereocenters. The third-order valence-electron chi connectivity index (χ3n) is 3.77. The Balaban J connectivity index is 1.68. The molecule has 0 spiro atoms. The van der Waals surface area contributed by atoms with Crippen molar-refractivity contribution in [3.05, 3.63) is 102 Å². The highest BCUT2D eigenvalue weighted by Crippen LogP contribution is 2.10. The Morgan fingerprint density at radius 1 is 0.654 bits per heavy atom. The predicted molar refractivity (Wildman–Crippen MR) is 106 cm³/mol. The van der Waals surface area contributed by atoms with Gasteiger partial charge in [0.1, 0.15) is 0 Å². The molecule has 2 heteroatoms. The lowest BCUT2D eigenvalue weighted by atomic mass is 10.1. The van der Waals surface area contributed by atoms with Gasteiger partial charge in [0.2, 0.25) is 0 Å². The molecule has 3 rings (SSSR count). The van der Waals surface area contributed by atoms with E-state index >= 15 is 0 Å². The Kier molecular flexibility index (Phi) is 5.51.